The Kier molecular flexibility index (Phi) is 3.41. The van der Waals surface area contributed by atoms with Crippen LogP contribution in [0.1, 0.15) is 16.8 Å². The summed E-state index contributed by atoms with van der Waals surface area (Å²) in [7, 11) is -3.57. The molecule has 120 valence electrons. The smallest absolute Gasteiger partial charge is 0.243 e. The molecule has 5 nitrogen and oxygen atoms in total. The molecule has 1 aromatic heterocycles. The maximum atomic E-state index is 12.9. The van der Waals surface area contributed by atoms with Crippen molar-refractivity contribution in [2.45, 2.75) is 17.9 Å². The molecule has 1 aliphatic heterocycles. The number of aromatic amines is 1. The monoisotopic (exact) mass is 337 g/mol. The topological polar surface area (TPSA) is 77.0 Å². The maximum absolute atomic E-state index is 12.9. The fraction of sp³-hybridized carbons (Fsp3) is 0.167. The number of nitrogens with zero attached hydrogens (tertiary/aromatic N) is 2. The molecule has 0 spiro atoms. The highest BCUT2D eigenvalue weighted by molar-refractivity contribution is 7.89. The third kappa shape index (κ3) is 2.30. The quantitative estimate of drug-likeness (QED) is 0.781. The van der Waals surface area contributed by atoms with Gasteiger partial charge in [0.1, 0.15) is 0 Å². The molecule has 6 heteroatoms. The molecule has 0 bridgehead atoms. The van der Waals surface area contributed by atoms with E-state index in [9.17, 15) is 8.42 Å². The first-order valence-electron chi connectivity index (χ1n) is 7.68. The SMILES string of the molecule is N#Cc1ccc(S(=O)(=O)N2CCc3[nH]c4ccccc4c3C2)cc1. The molecule has 0 radical (unpaired) electrons. The summed E-state index contributed by atoms with van der Waals surface area (Å²) in [5.74, 6) is 0. The van der Waals surface area contributed by atoms with E-state index in [1.54, 1.807) is 0 Å². The second-order valence-corrected chi connectivity index (χ2v) is 7.79. The lowest BCUT2D eigenvalue weighted by atomic mass is 10.1. The van der Waals surface area contributed by atoms with E-state index in [1.807, 2.05) is 30.3 Å². The molecule has 0 saturated carbocycles. The molecule has 1 N–H and O–H groups in total. The largest absolute Gasteiger partial charge is 0.358 e. The van der Waals surface area contributed by atoms with E-state index in [1.165, 1.54) is 28.6 Å². The molecule has 2 aromatic carbocycles. The number of hydrogen-bond acceptors (Lipinski definition) is 3. The first-order chi connectivity index (χ1) is 11.6. The number of fused-ring (bicyclic) bond motifs is 3. The van der Waals surface area contributed by atoms with Crippen molar-refractivity contribution in [1.29, 1.82) is 5.26 Å². The van der Waals surface area contributed by atoms with Crippen molar-refractivity contribution in [3.63, 3.8) is 0 Å². The van der Waals surface area contributed by atoms with Gasteiger partial charge in [-0.1, -0.05) is 18.2 Å². The van der Waals surface area contributed by atoms with Crippen molar-refractivity contribution in [2.75, 3.05) is 6.54 Å². The van der Waals surface area contributed by atoms with Crippen LogP contribution in [0.15, 0.2) is 53.4 Å². The van der Waals surface area contributed by atoms with Crippen LogP contribution in [0.25, 0.3) is 10.9 Å². The lowest BCUT2D eigenvalue weighted by Crippen LogP contribution is -2.35. The number of rotatable bonds is 2. The zero-order valence-electron chi connectivity index (χ0n) is 12.9. The molecule has 0 saturated heterocycles. The lowest BCUT2D eigenvalue weighted by Gasteiger charge is -2.26. The van der Waals surface area contributed by atoms with Gasteiger partial charge in [0.25, 0.3) is 0 Å². The van der Waals surface area contributed by atoms with E-state index in [2.05, 4.69) is 4.98 Å². The predicted molar refractivity (Wildman–Crippen MR) is 90.8 cm³/mol. The second-order valence-electron chi connectivity index (χ2n) is 5.85. The van der Waals surface area contributed by atoms with Crippen LogP contribution in [0, 0.1) is 11.3 Å². The van der Waals surface area contributed by atoms with Crippen LogP contribution in [0.4, 0.5) is 0 Å². The van der Waals surface area contributed by atoms with Gasteiger partial charge in [-0.05, 0) is 35.9 Å². The summed E-state index contributed by atoms with van der Waals surface area (Å²) in [6.07, 6.45) is 0.666. The van der Waals surface area contributed by atoms with Crippen LogP contribution in [-0.2, 0) is 23.0 Å². The van der Waals surface area contributed by atoms with E-state index >= 15 is 0 Å². The molecular formula is C18H15N3O2S. The zero-order chi connectivity index (χ0) is 16.7. The van der Waals surface area contributed by atoms with Crippen molar-refractivity contribution in [3.8, 4) is 6.07 Å². The van der Waals surface area contributed by atoms with Crippen molar-refractivity contribution in [3.05, 3.63) is 65.4 Å². The molecule has 0 amide bonds. The molecule has 1 aliphatic rings. The van der Waals surface area contributed by atoms with E-state index in [4.69, 9.17) is 5.26 Å². The first kappa shape index (κ1) is 14.9. The minimum Gasteiger partial charge on any atom is -0.358 e. The van der Waals surface area contributed by atoms with E-state index in [-0.39, 0.29) is 4.90 Å². The van der Waals surface area contributed by atoms with Gasteiger partial charge in [-0.2, -0.15) is 9.57 Å². The standard InChI is InChI=1S/C18H15N3O2S/c19-11-13-5-7-14(8-6-13)24(22,23)21-10-9-18-16(12-21)15-3-1-2-4-17(15)20-18/h1-8,20H,9-10,12H2. The normalized spacial score (nSPS) is 15.1. The summed E-state index contributed by atoms with van der Waals surface area (Å²) < 4.78 is 27.3. The third-order valence-corrected chi connectivity index (χ3v) is 6.33. The Hall–Kier alpha value is -2.62. The molecule has 4 rings (SSSR count). The molecule has 0 atom stereocenters. The Bertz CT molecular complexity index is 1060. The highest BCUT2D eigenvalue weighted by Gasteiger charge is 2.30. The Morgan fingerprint density at radius 2 is 1.83 bits per heavy atom. The number of para-hydroxylation sites is 1. The minimum atomic E-state index is -3.57. The number of benzene rings is 2. The van der Waals surface area contributed by atoms with Crippen LogP contribution in [0.5, 0.6) is 0 Å². The molecular weight excluding hydrogens is 322 g/mol. The average molecular weight is 337 g/mol. The highest BCUT2D eigenvalue weighted by Crippen LogP contribution is 2.30. The fourth-order valence-electron chi connectivity index (χ4n) is 3.20. The number of nitriles is 1. The third-order valence-electron chi connectivity index (χ3n) is 4.47. The first-order valence-corrected chi connectivity index (χ1v) is 9.12. The van der Waals surface area contributed by atoms with Gasteiger partial charge >= 0.3 is 0 Å². The molecule has 0 unspecified atom stereocenters. The van der Waals surface area contributed by atoms with Crippen molar-refractivity contribution in [1.82, 2.24) is 9.29 Å². The summed E-state index contributed by atoms with van der Waals surface area (Å²) in [6.45, 7) is 0.809. The number of nitrogens with one attached hydrogen (secondary N) is 1. The van der Waals surface area contributed by atoms with E-state index < -0.39 is 10.0 Å². The van der Waals surface area contributed by atoms with Crippen molar-refractivity contribution < 1.29 is 8.42 Å². The Morgan fingerprint density at radius 1 is 1.08 bits per heavy atom. The van der Waals surface area contributed by atoms with Gasteiger partial charge in [0.2, 0.25) is 10.0 Å². The van der Waals surface area contributed by atoms with Gasteiger partial charge in [-0.15, -0.1) is 0 Å². The molecule has 3 aromatic rings. The number of sulfonamides is 1. The van der Waals surface area contributed by atoms with Crippen LogP contribution >= 0.6 is 0 Å². The maximum Gasteiger partial charge on any atom is 0.243 e. The van der Waals surface area contributed by atoms with Crippen LogP contribution in [-0.4, -0.2) is 24.3 Å². The predicted octanol–water partition coefficient (Wildman–Crippen LogP) is 2.79. The minimum absolute atomic E-state index is 0.227. The van der Waals surface area contributed by atoms with Gasteiger partial charge in [-0.3, -0.25) is 0 Å². The molecule has 0 fully saturated rings. The lowest BCUT2D eigenvalue weighted by molar-refractivity contribution is 0.391. The van der Waals surface area contributed by atoms with Gasteiger partial charge in [0.05, 0.1) is 16.5 Å². The van der Waals surface area contributed by atoms with Gasteiger partial charge in [0, 0.05) is 36.1 Å². The van der Waals surface area contributed by atoms with Crippen molar-refractivity contribution >= 4 is 20.9 Å². The average Bonchev–Trinajstić information content (AvgIpc) is 2.99. The number of hydrogen-bond donors (Lipinski definition) is 1. The summed E-state index contributed by atoms with van der Waals surface area (Å²) in [6, 6.07) is 16.0. The Balaban J connectivity index is 1.71. The zero-order valence-corrected chi connectivity index (χ0v) is 13.7. The summed E-state index contributed by atoms with van der Waals surface area (Å²) in [5.41, 5.74) is 3.66. The molecule has 24 heavy (non-hydrogen) atoms. The molecule has 2 heterocycles. The van der Waals surface area contributed by atoms with Crippen molar-refractivity contribution in [2.24, 2.45) is 0 Å². The summed E-state index contributed by atoms with van der Waals surface area (Å²) >= 11 is 0. The summed E-state index contributed by atoms with van der Waals surface area (Å²) in [4.78, 5) is 3.61. The van der Waals surface area contributed by atoms with Crippen LogP contribution in [0.2, 0.25) is 0 Å². The van der Waals surface area contributed by atoms with Crippen LogP contribution < -0.4 is 0 Å². The van der Waals surface area contributed by atoms with E-state index in [0.717, 1.165) is 22.2 Å². The van der Waals surface area contributed by atoms with Gasteiger partial charge < -0.3 is 4.98 Å². The Morgan fingerprint density at radius 3 is 2.58 bits per heavy atom. The number of H-pyrrole nitrogens is 1. The van der Waals surface area contributed by atoms with Crippen LogP contribution in [0.3, 0.4) is 0 Å². The van der Waals surface area contributed by atoms with E-state index in [0.29, 0.717) is 25.1 Å². The number of aromatic nitrogens is 1. The second kappa shape index (κ2) is 5.48. The Labute approximate surface area is 140 Å². The van der Waals surface area contributed by atoms with Gasteiger partial charge in [-0.25, -0.2) is 8.42 Å². The fourth-order valence-corrected chi connectivity index (χ4v) is 4.61. The summed E-state index contributed by atoms with van der Waals surface area (Å²) in [5, 5.41) is 9.93. The van der Waals surface area contributed by atoms with Gasteiger partial charge in [0.15, 0.2) is 0 Å². The molecule has 0 aliphatic carbocycles. The highest BCUT2D eigenvalue weighted by atomic mass is 32.2.